The maximum atomic E-state index is 12.7. The second-order valence-corrected chi connectivity index (χ2v) is 18.2. The number of unbranched alkanes of at least 4 members (excludes halogenated alkanes) is 24. The van der Waals surface area contributed by atoms with Crippen LogP contribution < -0.4 is 4.89 Å². The lowest BCUT2D eigenvalue weighted by atomic mass is 10.0. The van der Waals surface area contributed by atoms with Gasteiger partial charge in [-0.25, -0.2) is 0 Å². The molecular formula is C46H88NO8P. The minimum atomic E-state index is -4.62. The van der Waals surface area contributed by atoms with Crippen LogP contribution in [0.15, 0.2) is 24.3 Å². The molecule has 2 atom stereocenters. The van der Waals surface area contributed by atoms with Gasteiger partial charge >= 0.3 is 11.9 Å². The van der Waals surface area contributed by atoms with E-state index in [9.17, 15) is 19.0 Å². The number of hydrogen-bond acceptors (Lipinski definition) is 8. The van der Waals surface area contributed by atoms with Gasteiger partial charge in [-0.1, -0.05) is 179 Å². The third-order valence-corrected chi connectivity index (χ3v) is 10.9. The van der Waals surface area contributed by atoms with Crippen LogP contribution in [0.2, 0.25) is 0 Å². The minimum absolute atomic E-state index is 0.0312. The van der Waals surface area contributed by atoms with Crippen molar-refractivity contribution in [1.29, 1.82) is 0 Å². The van der Waals surface area contributed by atoms with Gasteiger partial charge in [0.25, 0.3) is 7.82 Å². The first-order valence-corrected chi connectivity index (χ1v) is 24.5. The fourth-order valence-electron chi connectivity index (χ4n) is 6.32. The molecule has 0 radical (unpaired) electrons. The van der Waals surface area contributed by atoms with E-state index in [2.05, 4.69) is 38.2 Å². The topological polar surface area (TPSA) is 111 Å². The van der Waals surface area contributed by atoms with E-state index in [1.807, 2.05) is 21.1 Å². The van der Waals surface area contributed by atoms with E-state index in [0.29, 0.717) is 23.9 Å². The van der Waals surface area contributed by atoms with Crippen LogP contribution in [0.5, 0.6) is 0 Å². The number of likely N-dealkylation sites (N-methyl/N-ethyl adjacent to an activating group) is 1. The number of ether oxygens (including phenoxy) is 2. The molecule has 0 N–H and O–H groups in total. The molecule has 0 saturated carbocycles. The van der Waals surface area contributed by atoms with Crippen LogP contribution in [0.25, 0.3) is 0 Å². The Morgan fingerprint density at radius 3 is 1.46 bits per heavy atom. The quantitative estimate of drug-likeness (QED) is 0.0197. The summed E-state index contributed by atoms with van der Waals surface area (Å²) >= 11 is 0. The summed E-state index contributed by atoms with van der Waals surface area (Å²) in [5.41, 5.74) is 0. The minimum Gasteiger partial charge on any atom is -0.756 e. The van der Waals surface area contributed by atoms with Gasteiger partial charge in [-0.05, 0) is 38.5 Å². The van der Waals surface area contributed by atoms with Gasteiger partial charge in [0.1, 0.15) is 19.8 Å². The van der Waals surface area contributed by atoms with Crippen LogP contribution in [0.4, 0.5) is 0 Å². The molecule has 0 aliphatic rings. The van der Waals surface area contributed by atoms with Gasteiger partial charge < -0.3 is 27.9 Å². The predicted molar refractivity (Wildman–Crippen MR) is 231 cm³/mol. The van der Waals surface area contributed by atoms with Crippen LogP contribution in [0.3, 0.4) is 0 Å². The van der Waals surface area contributed by atoms with E-state index in [-0.39, 0.29) is 26.1 Å². The van der Waals surface area contributed by atoms with E-state index >= 15 is 0 Å². The number of rotatable bonds is 42. The highest BCUT2D eigenvalue weighted by molar-refractivity contribution is 7.45. The first-order chi connectivity index (χ1) is 27.0. The lowest BCUT2D eigenvalue weighted by Crippen LogP contribution is -2.37. The number of phosphoric ester groups is 1. The maximum Gasteiger partial charge on any atom is 0.306 e. The molecule has 56 heavy (non-hydrogen) atoms. The third-order valence-electron chi connectivity index (χ3n) is 9.97. The van der Waals surface area contributed by atoms with Crippen molar-refractivity contribution < 1.29 is 42.1 Å². The van der Waals surface area contributed by atoms with Crippen molar-refractivity contribution in [1.82, 2.24) is 0 Å². The van der Waals surface area contributed by atoms with Gasteiger partial charge in [0, 0.05) is 12.8 Å². The first-order valence-electron chi connectivity index (χ1n) is 23.0. The molecule has 0 amide bonds. The van der Waals surface area contributed by atoms with E-state index in [4.69, 9.17) is 18.5 Å². The van der Waals surface area contributed by atoms with Crippen molar-refractivity contribution >= 4 is 19.8 Å². The molecule has 0 aliphatic heterocycles. The van der Waals surface area contributed by atoms with Crippen molar-refractivity contribution in [3.63, 3.8) is 0 Å². The van der Waals surface area contributed by atoms with E-state index in [1.54, 1.807) is 0 Å². The summed E-state index contributed by atoms with van der Waals surface area (Å²) in [4.78, 5) is 37.6. The molecule has 0 bridgehead atoms. The normalized spacial score (nSPS) is 13.8. The molecule has 0 saturated heterocycles. The Kier molecular flexibility index (Phi) is 37.9. The summed E-state index contributed by atoms with van der Waals surface area (Å²) in [6.45, 7) is 4.19. The van der Waals surface area contributed by atoms with Crippen LogP contribution in [0.1, 0.15) is 206 Å². The molecule has 0 spiro atoms. The highest BCUT2D eigenvalue weighted by atomic mass is 31.2. The summed E-state index contributed by atoms with van der Waals surface area (Å²) in [6, 6.07) is 0. The fourth-order valence-corrected chi connectivity index (χ4v) is 7.05. The van der Waals surface area contributed by atoms with E-state index in [0.717, 1.165) is 57.8 Å². The van der Waals surface area contributed by atoms with Crippen molar-refractivity contribution in [2.75, 3.05) is 47.5 Å². The Bertz CT molecular complexity index is 1010. The summed E-state index contributed by atoms with van der Waals surface area (Å²) in [5, 5.41) is 0. The third kappa shape index (κ3) is 42.1. The zero-order chi connectivity index (χ0) is 41.4. The lowest BCUT2D eigenvalue weighted by Gasteiger charge is -2.28. The number of hydrogen-bond donors (Lipinski definition) is 0. The average Bonchev–Trinajstić information content (AvgIpc) is 3.15. The summed E-state index contributed by atoms with van der Waals surface area (Å²) in [7, 11) is 1.16. The van der Waals surface area contributed by atoms with Crippen LogP contribution in [-0.4, -0.2) is 70.0 Å². The van der Waals surface area contributed by atoms with Gasteiger partial charge in [0.2, 0.25) is 0 Å². The van der Waals surface area contributed by atoms with Crippen molar-refractivity contribution in [3.05, 3.63) is 24.3 Å². The molecule has 330 valence electrons. The molecule has 0 aromatic heterocycles. The van der Waals surface area contributed by atoms with Gasteiger partial charge in [-0.3, -0.25) is 14.2 Å². The zero-order valence-corrected chi connectivity index (χ0v) is 38.0. The average molecular weight is 814 g/mol. The smallest absolute Gasteiger partial charge is 0.306 e. The molecule has 0 aromatic rings. The SMILES string of the molecule is CCCC/C=C/C/C=C/CCCCCCCC(=O)OC[C@H](COP(=O)([O-])OCC[N+](C)(C)C)OC(=O)CCCCCCCCCCCCCCCCCCCC. The molecule has 0 aliphatic carbocycles. The number of quaternary nitrogens is 1. The number of carbonyl (C=O) groups excluding carboxylic acids is 2. The lowest BCUT2D eigenvalue weighted by molar-refractivity contribution is -0.870. The molecule has 1 unspecified atom stereocenters. The van der Waals surface area contributed by atoms with E-state index < -0.39 is 32.5 Å². The van der Waals surface area contributed by atoms with Gasteiger partial charge in [0.05, 0.1) is 27.7 Å². The number of esters is 2. The molecule has 10 heteroatoms. The first kappa shape index (κ1) is 54.5. The number of nitrogens with zero attached hydrogens (tertiary/aromatic N) is 1. The molecule has 0 fully saturated rings. The van der Waals surface area contributed by atoms with Gasteiger partial charge in [-0.2, -0.15) is 0 Å². The second kappa shape index (κ2) is 39.0. The molecule has 9 nitrogen and oxygen atoms in total. The van der Waals surface area contributed by atoms with Gasteiger partial charge in [0.15, 0.2) is 6.10 Å². The number of allylic oxidation sites excluding steroid dienone is 4. The Hall–Kier alpha value is -1.51. The highest BCUT2D eigenvalue weighted by Gasteiger charge is 2.21. The Labute approximate surface area is 345 Å². The molecule has 0 aromatic carbocycles. The van der Waals surface area contributed by atoms with Crippen LogP contribution >= 0.6 is 7.82 Å². The monoisotopic (exact) mass is 814 g/mol. The Morgan fingerprint density at radius 1 is 0.554 bits per heavy atom. The van der Waals surface area contributed by atoms with Crippen molar-refractivity contribution in [2.45, 2.75) is 213 Å². The Morgan fingerprint density at radius 2 is 0.982 bits per heavy atom. The number of phosphoric acid groups is 1. The fraction of sp³-hybridized carbons (Fsp3) is 0.870. The molecular weight excluding hydrogens is 725 g/mol. The van der Waals surface area contributed by atoms with Crippen LogP contribution in [0, 0.1) is 0 Å². The summed E-state index contributed by atoms with van der Waals surface area (Å²) in [6.07, 6.45) is 42.0. The summed E-state index contributed by atoms with van der Waals surface area (Å²) < 4.78 is 33.9. The zero-order valence-electron chi connectivity index (χ0n) is 37.1. The van der Waals surface area contributed by atoms with Crippen LogP contribution in [-0.2, 0) is 32.7 Å². The number of carbonyl (C=O) groups is 2. The van der Waals surface area contributed by atoms with E-state index in [1.165, 1.54) is 109 Å². The van der Waals surface area contributed by atoms with Gasteiger partial charge in [-0.15, -0.1) is 0 Å². The van der Waals surface area contributed by atoms with Crippen molar-refractivity contribution in [2.24, 2.45) is 0 Å². The predicted octanol–water partition coefficient (Wildman–Crippen LogP) is 12.5. The Balaban J connectivity index is 4.31. The second-order valence-electron chi connectivity index (χ2n) is 16.8. The summed E-state index contributed by atoms with van der Waals surface area (Å²) in [5.74, 6) is -0.843. The standard InChI is InChI=1S/C46H88NO8P/c1-6-8-10-12-14-16-18-20-22-23-24-25-27-29-31-33-35-37-39-46(49)55-44(43-54-56(50,51)53-41-40-47(3,4)5)42-52-45(48)38-36-34-32-30-28-26-21-19-17-15-13-11-9-7-2/h13,15,19,21,44H,6-12,14,16-18,20,22-43H2,1-5H3/b15-13+,21-19+/t44-/m1/s1. The maximum absolute atomic E-state index is 12.7. The molecule has 0 heterocycles. The highest BCUT2D eigenvalue weighted by Crippen LogP contribution is 2.38. The largest absolute Gasteiger partial charge is 0.756 e. The molecule has 0 rings (SSSR count). The van der Waals surface area contributed by atoms with Crippen molar-refractivity contribution in [3.8, 4) is 0 Å².